The molecule has 0 spiro atoms. The largest absolute Gasteiger partial charge is 0.392 e. The Morgan fingerprint density at radius 2 is 2.29 bits per heavy atom. The van der Waals surface area contributed by atoms with Crippen molar-refractivity contribution in [3.63, 3.8) is 0 Å². The van der Waals surface area contributed by atoms with E-state index in [0.717, 1.165) is 31.8 Å². The highest BCUT2D eigenvalue weighted by molar-refractivity contribution is 5.82. The molecular weight excluding hydrogens is 306 g/mol. The Bertz CT molecular complexity index is 566. The van der Waals surface area contributed by atoms with E-state index in [0.29, 0.717) is 19.5 Å². The van der Waals surface area contributed by atoms with Crippen LogP contribution in [0.1, 0.15) is 24.5 Å². The first-order valence-corrected chi connectivity index (χ1v) is 8.71. The van der Waals surface area contributed by atoms with Crippen LogP contribution in [0.4, 0.5) is 0 Å². The third kappa shape index (κ3) is 4.77. The monoisotopic (exact) mass is 333 g/mol. The number of hydrogen-bond donors (Lipinski definition) is 3. The van der Waals surface area contributed by atoms with E-state index in [1.165, 1.54) is 5.56 Å². The van der Waals surface area contributed by atoms with Gasteiger partial charge in [-0.1, -0.05) is 24.3 Å². The number of carbonyl (C=O) groups is 1. The highest BCUT2D eigenvalue weighted by Crippen LogP contribution is 2.12. The van der Waals surface area contributed by atoms with Gasteiger partial charge in [0, 0.05) is 32.7 Å². The number of ether oxygens (including phenoxy) is 1. The minimum atomic E-state index is -0.417. The minimum Gasteiger partial charge on any atom is -0.392 e. The quantitative estimate of drug-likeness (QED) is 0.720. The van der Waals surface area contributed by atoms with E-state index in [4.69, 9.17) is 4.74 Å². The second kappa shape index (κ2) is 8.07. The number of nitrogens with one attached hydrogen (secondary N) is 2. The summed E-state index contributed by atoms with van der Waals surface area (Å²) in [5.74, 6) is -0.0426. The fourth-order valence-electron chi connectivity index (χ4n) is 3.36. The predicted octanol–water partition coefficient (Wildman–Crippen LogP) is 0.246. The molecule has 3 atom stereocenters. The number of carbonyl (C=O) groups excluding carboxylic acids is 1. The summed E-state index contributed by atoms with van der Waals surface area (Å²) in [6, 6.07) is 8.07. The molecule has 2 aliphatic heterocycles. The number of aliphatic hydroxyl groups is 1. The third-order valence-electron chi connectivity index (χ3n) is 4.61. The zero-order valence-electron chi connectivity index (χ0n) is 14.2. The number of hydrogen-bond acceptors (Lipinski definition) is 5. The molecule has 0 aliphatic carbocycles. The van der Waals surface area contributed by atoms with Gasteiger partial charge in [-0.05, 0) is 24.5 Å². The van der Waals surface area contributed by atoms with Crippen molar-refractivity contribution < 1.29 is 14.6 Å². The van der Waals surface area contributed by atoms with Crippen LogP contribution in [0.25, 0.3) is 0 Å². The molecule has 0 unspecified atom stereocenters. The molecule has 6 nitrogen and oxygen atoms in total. The summed E-state index contributed by atoms with van der Waals surface area (Å²) >= 11 is 0. The summed E-state index contributed by atoms with van der Waals surface area (Å²) in [6.45, 7) is 6.72. The van der Waals surface area contributed by atoms with Gasteiger partial charge in [0.15, 0.2) is 0 Å². The predicted molar refractivity (Wildman–Crippen MR) is 91.4 cm³/mol. The molecule has 2 saturated heterocycles. The Hall–Kier alpha value is -1.47. The maximum absolute atomic E-state index is 12.1. The first-order valence-electron chi connectivity index (χ1n) is 8.71. The molecule has 6 heteroatoms. The van der Waals surface area contributed by atoms with Crippen molar-refractivity contribution in [2.75, 3.05) is 26.2 Å². The molecule has 1 aromatic rings. The summed E-state index contributed by atoms with van der Waals surface area (Å²) in [5, 5.41) is 15.5. The number of rotatable bonds is 5. The average molecular weight is 333 g/mol. The van der Waals surface area contributed by atoms with Crippen LogP contribution in [0, 0.1) is 0 Å². The van der Waals surface area contributed by atoms with Gasteiger partial charge < -0.3 is 20.5 Å². The van der Waals surface area contributed by atoms with Gasteiger partial charge in [0.2, 0.25) is 5.91 Å². The van der Waals surface area contributed by atoms with Gasteiger partial charge in [-0.2, -0.15) is 0 Å². The van der Waals surface area contributed by atoms with Crippen LogP contribution >= 0.6 is 0 Å². The highest BCUT2D eigenvalue weighted by Gasteiger charge is 2.27. The third-order valence-corrected chi connectivity index (χ3v) is 4.61. The molecule has 1 amide bonds. The SMILES string of the molecule is C[C@@H]1CN(Cc2cccc(CNC(=O)[C@@H]3C[C@H](O)CN3)c2)CCO1. The lowest BCUT2D eigenvalue weighted by Crippen LogP contribution is -2.40. The van der Waals surface area contributed by atoms with E-state index < -0.39 is 6.10 Å². The highest BCUT2D eigenvalue weighted by atomic mass is 16.5. The Kier molecular flexibility index (Phi) is 5.84. The lowest BCUT2D eigenvalue weighted by atomic mass is 10.1. The maximum Gasteiger partial charge on any atom is 0.237 e. The van der Waals surface area contributed by atoms with Crippen LogP contribution < -0.4 is 10.6 Å². The Morgan fingerprint density at radius 3 is 3.04 bits per heavy atom. The molecule has 2 heterocycles. The molecule has 2 aliphatic rings. The van der Waals surface area contributed by atoms with Crippen LogP contribution in [0.2, 0.25) is 0 Å². The summed E-state index contributed by atoms with van der Waals surface area (Å²) in [7, 11) is 0. The van der Waals surface area contributed by atoms with Crippen LogP contribution in [0.15, 0.2) is 24.3 Å². The molecule has 3 rings (SSSR count). The summed E-state index contributed by atoms with van der Waals surface area (Å²) in [4.78, 5) is 14.5. The van der Waals surface area contributed by atoms with Gasteiger partial charge in [0.05, 0.1) is 24.9 Å². The number of amides is 1. The van der Waals surface area contributed by atoms with Crippen LogP contribution in [0.5, 0.6) is 0 Å². The van der Waals surface area contributed by atoms with Gasteiger partial charge >= 0.3 is 0 Å². The first-order chi connectivity index (χ1) is 11.6. The molecule has 1 aromatic carbocycles. The Balaban J connectivity index is 1.50. The number of aliphatic hydroxyl groups excluding tert-OH is 1. The van der Waals surface area contributed by atoms with Gasteiger partial charge in [0.25, 0.3) is 0 Å². The number of morpholine rings is 1. The van der Waals surface area contributed by atoms with E-state index in [2.05, 4.69) is 34.6 Å². The topological polar surface area (TPSA) is 73.8 Å². The van der Waals surface area contributed by atoms with Crippen molar-refractivity contribution in [3.8, 4) is 0 Å². The van der Waals surface area contributed by atoms with Gasteiger partial charge in [-0.3, -0.25) is 9.69 Å². The lowest BCUT2D eigenvalue weighted by Gasteiger charge is -2.31. The molecule has 0 radical (unpaired) electrons. The van der Waals surface area contributed by atoms with Crippen molar-refractivity contribution >= 4 is 5.91 Å². The van der Waals surface area contributed by atoms with Gasteiger partial charge in [-0.15, -0.1) is 0 Å². The first kappa shape index (κ1) is 17.4. The zero-order chi connectivity index (χ0) is 16.9. The fourth-order valence-corrected chi connectivity index (χ4v) is 3.36. The molecule has 24 heavy (non-hydrogen) atoms. The number of benzene rings is 1. The van der Waals surface area contributed by atoms with Gasteiger partial charge in [-0.25, -0.2) is 0 Å². The standard InChI is InChI=1S/C18H27N3O3/c1-13-11-21(5-6-24-13)12-15-4-2-3-14(7-15)9-20-18(23)17-8-16(22)10-19-17/h2-4,7,13,16-17,19,22H,5-6,8-12H2,1H3,(H,20,23)/t13-,16+,17+/m1/s1. The van der Waals surface area contributed by atoms with E-state index in [9.17, 15) is 9.90 Å². The van der Waals surface area contributed by atoms with E-state index in [1.54, 1.807) is 0 Å². The Morgan fingerprint density at radius 1 is 1.46 bits per heavy atom. The summed E-state index contributed by atoms with van der Waals surface area (Å²) < 4.78 is 5.58. The smallest absolute Gasteiger partial charge is 0.237 e. The maximum atomic E-state index is 12.1. The van der Waals surface area contributed by atoms with Crippen molar-refractivity contribution in [1.82, 2.24) is 15.5 Å². The van der Waals surface area contributed by atoms with Gasteiger partial charge in [0.1, 0.15) is 0 Å². The summed E-state index contributed by atoms with van der Waals surface area (Å²) in [5.41, 5.74) is 2.35. The molecule has 132 valence electrons. The fraction of sp³-hybridized carbons (Fsp3) is 0.611. The molecule has 3 N–H and O–H groups in total. The summed E-state index contributed by atoms with van der Waals surface area (Å²) in [6.07, 6.45) is 0.358. The molecule has 2 fully saturated rings. The average Bonchev–Trinajstić information content (AvgIpc) is 3.00. The van der Waals surface area contributed by atoms with Crippen molar-refractivity contribution in [2.24, 2.45) is 0 Å². The van der Waals surface area contributed by atoms with Crippen molar-refractivity contribution in [1.29, 1.82) is 0 Å². The lowest BCUT2D eigenvalue weighted by molar-refractivity contribution is -0.123. The molecule has 0 bridgehead atoms. The molecule has 0 aromatic heterocycles. The van der Waals surface area contributed by atoms with Crippen LogP contribution in [-0.2, 0) is 22.6 Å². The van der Waals surface area contributed by atoms with E-state index in [-0.39, 0.29) is 18.1 Å². The van der Waals surface area contributed by atoms with Crippen molar-refractivity contribution in [3.05, 3.63) is 35.4 Å². The zero-order valence-corrected chi connectivity index (χ0v) is 14.2. The van der Waals surface area contributed by atoms with Crippen LogP contribution in [0.3, 0.4) is 0 Å². The van der Waals surface area contributed by atoms with Crippen LogP contribution in [-0.4, -0.2) is 60.4 Å². The van der Waals surface area contributed by atoms with E-state index in [1.807, 2.05) is 12.1 Å². The molecular formula is C18H27N3O3. The minimum absolute atomic E-state index is 0.0426. The Labute approximate surface area is 143 Å². The second-order valence-electron chi connectivity index (χ2n) is 6.80. The molecule has 0 saturated carbocycles. The number of nitrogens with zero attached hydrogens (tertiary/aromatic N) is 1. The number of β-amino-alcohol motifs (C(OH)–C–C–N with tert-alkyl or cyclic N) is 1. The second-order valence-corrected chi connectivity index (χ2v) is 6.80. The van der Waals surface area contributed by atoms with Crippen molar-refractivity contribution in [2.45, 2.75) is 44.7 Å². The van der Waals surface area contributed by atoms with E-state index >= 15 is 0 Å². The normalized spacial score (nSPS) is 28.0.